The van der Waals surface area contributed by atoms with Crippen LogP contribution in [0.5, 0.6) is 0 Å². The molecule has 0 aromatic heterocycles. The number of carbonyl (C=O) groups excluding carboxylic acids is 5. The molecule has 4 rings (SSSR count). The Bertz CT molecular complexity index is 1150. The molecule has 0 aliphatic carbocycles. The number of benzene rings is 2. The first-order valence-corrected chi connectivity index (χ1v) is 12.1. The van der Waals surface area contributed by atoms with Crippen LogP contribution in [0.15, 0.2) is 48.5 Å². The molecule has 2 atom stereocenters. The molecule has 4 amide bonds. The number of amides is 4. The number of ether oxygens (including phenoxy) is 1. The van der Waals surface area contributed by atoms with Crippen molar-refractivity contribution >= 4 is 52.7 Å². The number of nitrogens with zero attached hydrogens (tertiary/aromatic N) is 2. The Morgan fingerprint density at radius 1 is 1.03 bits per heavy atom. The molecule has 2 aromatic carbocycles. The molecule has 0 fully saturated rings. The summed E-state index contributed by atoms with van der Waals surface area (Å²) in [6, 6.07) is 12.0. The summed E-state index contributed by atoms with van der Waals surface area (Å²) in [5, 5.41) is 2.70. The number of thioether (sulfide) groups is 1. The zero-order valence-electron chi connectivity index (χ0n) is 18.6. The highest BCUT2D eigenvalue weighted by atomic mass is 32.2. The third-order valence-corrected chi connectivity index (χ3v) is 6.33. The van der Waals surface area contributed by atoms with Crippen LogP contribution in [0.4, 0.5) is 11.4 Å². The van der Waals surface area contributed by atoms with Crippen LogP contribution in [-0.4, -0.2) is 65.2 Å². The number of rotatable bonds is 7. The normalized spacial score (nSPS) is 16.5. The molecule has 34 heavy (non-hydrogen) atoms. The summed E-state index contributed by atoms with van der Waals surface area (Å²) in [5.41, 5.74) is 1.44. The van der Waals surface area contributed by atoms with Crippen LogP contribution < -0.4 is 10.2 Å². The molecule has 9 nitrogen and oxygen atoms in total. The second kappa shape index (κ2) is 9.68. The molecule has 2 aliphatic heterocycles. The van der Waals surface area contributed by atoms with Crippen molar-refractivity contribution in [2.75, 3.05) is 28.8 Å². The quantitative estimate of drug-likeness (QED) is 0.477. The van der Waals surface area contributed by atoms with Crippen molar-refractivity contribution in [3.63, 3.8) is 0 Å². The monoisotopic (exact) mass is 481 g/mol. The van der Waals surface area contributed by atoms with Crippen LogP contribution in [0.25, 0.3) is 0 Å². The molecule has 2 aromatic rings. The van der Waals surface area contributed by atoms with Crippen molar-refractivity contribution in [3.8, 4) is 0 Å². The van der Waals surface area contributed by atoms with Gasteiger partial charge in [0.2, 0.25) is 5.91 Å². The van der Waals surface area contributed by atoms with Crippen LogP contribution in [0.2, 0.25) is 0 Å². The smallest absolute Gasteiger partial charge is 0.330 e. The van der Waals surface area contributed by atoms with Gasteiger partial charge in [0.05, 0.1) is 22.5 Å². The van der Waals surface area contributed by atoms with E-state index in [9.17, 15) is 24.0 Å². The van der Waals surface area contributed by atoms with E-state index < -0.39 is 35.8 Å². The van der Waals surface area contributed by atoms with Crippen molar-refractivity contribution in [2.24, 2.45) is 0 Å². The van der Waals surface area contributed by atoms with Crippen molar-refractivity contribution in [3.05, 3.63) is 59.7 Å². The summed E-state index contributed by atoms with van der Waals surface area (Å²) < 4.78 is 5.47. The zero-order chi connectivity index (χ0) is 24.4. The number of imide groups is 1. The maximum Gasteiger partial charge on any atom is 0.330 e. The molecule has 0 spiro atoms. The van der Waals surface area contributed by atoms with Crippen molar-refractivity contribution in [1.82, 2.24) is 4.90 Å². The third-order valence-electron chi connectivity index (χ3n) is 5.68. The van der Waals surface area contributed by atoms with E-state index in [4.69, 9.17) is 4.74 Å². The fourth-order valence-corrected chi connectivity index (χ4v) is 4.48. The Kier molecular flexibility index (Phi) is 6.69. The Hall–Kier alpha value is -3.66. The van der Waals surface area contributed by atoms with Crippen LogP contribution in [0.1, 0.15) is 34.1 Å². The summed E-state index contributed by atoms with van der Waals surface area (Å²) in [7, 11) is 0. The van der Waals surface area contributed by atoms with Crippen molar-refractivity contribution in [1.29, 1.82) is 0 Å². The van der Waals surface area contributed by atoms with Gasteiger partial charge in [0.25, 0.3) is 17.7 Å². The highest BCUT2D eigenvalue weighted by molar-refractivity contribution is 7.98. The molecule has 2 aliphatic rings. The van der Waals surface area contributed by atoms with E-state index in [-0.39, 0.29) is 30.0 Å². The number of para-hydroxylation sites is 2. The largest absolute Gasteiger partial charge is 0.451 e. The maximum absolute atomic E-state index is 13.2. The number of carbonyl (C=O) groups is 5. The number of fused-ring (bicyclic) bond motifs is 2. The van der Waals surface area contributed by atoms with E-state index in [0.717, 1.165) is 4.90 Å². The van der Waals surface area contributed by atoms with Crippen LogP contribution in [0.3, 0.4) is 0 Å². The van der Waals surface area contributed by atoms with E-state index in [0.29, 0.717) is 17.1 Å². The minimum absolute atomic E-state index is 0.182. The van der Waals surface area contributed by atoms with Gasteiger partial charge >= 0.3 is 5.97 Å². The van der Waals surface area contributed by atoms with E-state index >= 15 is 0 Å². The first-order valence-electron chi connectivity index (χ1n) is 10.7. The highest BCUT2D eigenvalue weighted by Gasteiger charge is 2.44. The predicted molar refractivity (Wildman–Crippen MR) is 127 cm³/mol. The molecule has 0 bridgehead atoms. The lowest BCUT2D eigenvalue weighted by Gasteiger charge is -2.31. The maximum atomic E-state index is 13.2. The van der Waals surface area contributed by atoms with E-state index in [1.807, 2.05) is 6.26 Å². The lowest BCUT2D eigenvalue weighted by molar-refractivity contribution is -0.157. The van der Waals surface area contributed by atoms with E-state index in [2.05, 4.69) is 5.32 Å². The third kappa shape index (κ3) is 4.28. The Morgan fingerprint density at radius 3 is 2.29 bits per heavy atom. The summed E-state index contributed by atoms with van der Waals surface area (Å²) >= 11 is 1.46. The van der Waals surface area contributed by atoms with Gasteiger partial charge in [-0.3, -0.25) is 29.0 Å². The fraction of sp³-hybridized carbons (Fsp3) is 0.292. The second-order valence-electron chi connectivity index (χ2n) is 7.89. The van der Waals surface area contributed by atoms with Gasteiger partial charge in [0.15, 0.2) is 6.10 Å². The summed E-state index contributed by atoms with van der Waals surface area (Å²) in [5.74, 6) is -2.43. The number of hydrogen-bond acceptors (Lipinski definition) is 7. The zero-order valence-corrected chi connectivity index (χ0v) is 19.5. The first kappa shape index (κ1) is 23.5. The SMILES string of the molecule is CSCC[C@@H](C(=O)O[C@@H](C)C(=O)N1CC(=O)Nc2ccccc21)N1C(=O)c2ccccc2C1=O. The molecular weight excluding hydrogens is 458 g/mol. The van der Waals surface area contributed by atoms with Crippen LogP contribution in [0, 0.1) is 0 Å². The summed E-state index contributed by atoms with van der Waals surface area (Å²) in [6.07, 6.45) is 0.787. The van der Waals surface area contributed by atoms with Crippen molar-refractivity contribution < 1.29 is 28.7 Å². The standard InChI is InChI=1S/C24H23N3O6S/c1-14(21(29)26-13-20(28)25-17-9-5-6-10-18(17)26)33-24(32)19(11-12-34-2)27-22(30)15-7-3-4-8-16(15)23(27)31/h3-10,14,19H,11-13H2,1-2H3,(H,25,28)/t14-,19-/m0/s1. The predicted octanol–water partition coefficient (Wildman–Crippen LogP) is 2.32. The van der Waals surface area contributed by atoms with E-state index in [1.54, 1.807) is 36.4 Å². The minimum atomic E-state index is -1.24. The number of anilines is 2. The number of hydrogen-bond donors (Lipinski definition) is 1. The molecule has 10 heteroatoms. The van der Waals surface area contributed by atoms with E-state index in [1.165, 1.54) is 35.7 Å². The molecule has 0 saturated heterocycles. The highest BCUT2D eigenvalue weighted by Crippen LogP contribution is 2.30. The molecule has 0 saturated carbocycles. The molecule has 176 valence electrons. The second-order valence-corrected chi connectivity index (χ2v) is 8.88. The average molecular weight is 482 g/mol. The molecule has 0 unspecified atom stereocenters. The minimum Gasteiger partial charge on any atom is -0.451 e. The molecule has 2 heterocycles. The van der Waals surface area contributed by atoms with Crippen molar-refractivity contribution in [2.45, 2.75) is 25.5 Å². The molecule has 1 N–H and O–H groups in total. The number of nitrogens with one attached hydrogen (secondary N) is 1. The Labute approximate surface area is 200 Å². The van der Waals surface area contributed by atoms with Gasteiger partial charge in [-0.2, -0.15) is 11.8 Å². The van der Waals surface area contributed by atoms with Gasteiger partial charge < -0.3 is 10.1 Å². The Balaban J connectivity index is 1.54. The Morgan fingerprint density at radius 2 is 1.65 bits per heavy atom. The van der Waals surface area contributed by atoms with Gasteiger partial charge in [-0.15, -0.1) is 0 Å². The summed E-state index contributed by atoms with van der Waals surface area (Å²) in [6.45, 7) is 1.19. The average Bonchev–Trinajstić information content (AvgIpc) is 3.08. The fourth-order valence-electron chi connectivity index (χ4n) is 4.03. The van der Waals surface area contributed by atoms with Gasteiger partial charge in [0.1, 0.15) is 12.6 Å². The van der Waals surface area contributed by atoms with Gasteiger partial charge in [-0.1, -0.05) is 24.3 Å². The number of esters is 1. The van der Waals surface area contributed by atoms with Gasteiger partial charge in [0, 0.05) is 0 Å². The van der Waals surface area contributed by atoms with Gasteiger partial charge in [-0.25, -0.2) is 4.79 Å². The molecule has 0 radical (unpaired) electrons. The lowest BCUT2D eigenvalue weighted by atomic mass is 10.1. The van der Waals surface area contributed by atoms with Crippen LogP contribution in [-0.2, 0) is 19.1 Å². The summed E-state index contributed by atoms with van der Waals surface area (Å²) in [4.78, 5) is 66.4. The van der Waals surface area contributed by atoms with Gasteiger partial charge in [-0.05, 0) is 49.6 Å². The topological polar surface area (TPSA) is 113 Å². The van der Waals surface area contributed by atoms with Crippen LogP contribution >= 0.6 is 11.8 Å². The molecular formula is C24H23N3O6S. The first-order chi connectivity index (χ1) is 16.3. The lowest BCUT2D eigenvalue weighted by Crippen LogP contribution is -2.50.